The number of carbonyl (C=O) groups excluding carboxylic acids is 1. The van der Waals surface area contributed by atoms with E-state index in [2.05, 4.69) is 19.7 Å². The number of carbonyl (C=O) groups is 1. The summed E-state index contributed by atoms with van der Waals surface area (Å²) < 4.78 is 35.0. The van der Waals surface area contributed by atoms with Gasteiger partial charge in [-0.25, -0.2) is 18.4 Å². The number of sulfonamides is 1. The number of imidazole rings is 1. The van der Waals surface area contributed by atoms with Gasteiger partial charge in [0.15, 0.2) is 0 Å². The van der Waals surface area contributed by atoms with Gasteiger partial charge in [0.25, 0.3) is 15.9 Å². The third-order valence-electron chi connectivity index (χ3n) is 5.06. The summed E-state index contributed by atoms with van der Waals surface area (Å²) in [5.41, 5.74) is 6.58. The van der Waals surface area contributed by atoms with Crippen molar-refractivity contribution in [2.24, 2.45) is 10.1 Å². The second kappa shape index (κ2) is 8.32. The molecule has 3 N–H and O–H groups in total. The molecule has 3 aromatic rings. The van der Waals surface area contributed by atoms with Crippen LogP contribution in [-0.4, -0.2) is 46.8 Å². The maximum Gasteiger partial charge on any atom is 0.259 e. The maximum atomic E-state index is 12.9. The molecule has 0 unspecified atom stereocenters. The molecule has 0 spiro atoms. The Morgan fingerprint density at radius 2 is 2.03 bits per heavy atom. The van der Waals surface area contributed by atoms with Crippen molar-refractivity contribution in [3.63, 3.8) is 0 Å². The standard InChI is InChI=1S/C22H24N6O4S/c1-14-24-9-10-28(14)18-11-15(7-8-25-18)21(29)26-22(2,3)13-32-17-6-4-5-16-12-33(30,31)27-20(23)19(16)17/h4-11H,12-13H2,1-3H3,(H2,23,27)(H,26,29). The van der Waals surface area contributed by atoms with Gasteiger partial charge in [0.05, 0.1) is 16.9 Å². The van der Waals surface area contributed by atoms with Crippen LogP contribution in [0.4, 0.5) is 0 Å². The molecular weight excluding hydrogens is 444 g/mol. The van der Waals surface area contributed by atoms with Crippen LogP contribution in [0.1, 0.15) is 41.2 Å². The van der Waals surface area contributed by atoms with E-state index in [0.29, 0.717) is 28.3 Å². The zero-order valence-corrected chi connectivity index (χ0v) is 19.3. The minimum atomic E-state index is -3.63. The number of ether oxygens (including phenoxy) is 1. The van der Waals surface area contributed by atoms with Crippen LogP contribution in [-0.2, 0) is 15.8 Å². The van der Waals surface area contributed by atoms with Crippen molar-refractivity contribution in [2.45, 2.75) is 32.1 Å². The Balaban J connectivity index is 1.48. The smallest absolute Gasteiger partial charge is 0.259 e. The molecule has 1 aliphatic rings. The van der Waals surface area contributed by atoms with Crippen molar-refractivity contribution in [2.75, 3.05) is 6.61 Å². The van der Waals surface area contributed by atoms with Crippen molar-refractivity contribution in [3.8, 4) is 11.6 Å². The number of fused-ring (bicyclic) bond motifs is 1. The van der Waals surface area contributed by atoms with Crippen LogP contribution in [0.2, 0.25) is 0 Å². The van der Waals surface area contributed by atoms with Crippen molar-refractivity contribution in [1.82, 2.24) is 19.9 Å². The predicted molar refractivity (Wildman–Crippen MR) is 123 cm³/mol. The van der Waals surface area contributed by atoms with Gasteiger partial charge < -0.3 is 15.8 Å². The van der Waals surface area contributed by atoms with E-state index in [4.69, 9.17) is 10.5 Å². The van der Waals surface area contributed by atoms with Crippen LogP contribution < -0.4 is 15.8 Å². The summed E-state index contributed by atoms with van der Waals surface area (Å²) in [7, 11) is -3.63. The van der Waals surface area contributed by atoms with Gasteiger partial charge in [0, 0.05) is 24.2 Å². The molecule has 0 radical (unpaired) electrons. The number of hydrogen-bond donors (Lipinski definition) is 2. The van der Waals surface area contributed by atoms with Gasteiger partial charge >= 0.3 is 0 Å². The van der Waals surface area contributed by atoms with E-state index in [1.165, 1.54) is 0 Å². The number of aromatic nitrogens is 3. The summed E-state index contributed by atoms with van der Waals surface area (Å²) in [6.07, 6.45) is 5.01. The highest BCUT2D eigenvalue weighted by Crippen LogP contribution is 2.28. The lowest BCUT2D eigenvalue weighted by molar-refractivity contribution is 0.0880. The SMILES string of the molecule is Cc1nccn1-c1cc(C(=O)NC(C)(C)COc2cccc3c2C(N)=NS(=O)(=O)C3)ccn1. The van der Waals surface area contributed by atoms with E-state index in [-0.39, 0.29) is 24.1 Å². The zero-order valence-electron chi connectivity index (χ0n) is 18.4. The first-order valence-corrected chi connectivity index (χ1v) is 11.8. The van der Waals surface area contributed by atoms with E-state index in [0.717, 1.165) is 5.82 Å². The van der Waals surface area contributed by atoms with Gasteiger partial charge in [-0.05, 0) is 44.5 Å². The molecule has 33 heavy (non-hydrogen) atoms. The third kappa shape index (κ3) is 4.87. The van der Waals surface area contributed by atoms with Crippen molar-refractivity contribution in [3.05, 3.63) is 71.4 Å². The fourth-order valence-corrected chi connectivity index (χ4v) is 4.61. The van der Waals surface area contributed by atoms with Crippen LogP contribution in [0.25, 0.3) is 5.82 Å². The minimum absolute atomic E-state index is 0.104. The summed E-state index contributed by atoms with van der Waals surface area (Å²) in [5.74, 6) is 1.14. The van der Waals surface area contributed by atoms with Gasteiger partial charge in [-0.15, -0.1) is 4.40 Å². The minimum Gasteiger partial charge on any atom is -0.490 e. The third-order valence-corrected chi connectivity index (χ3v) is 6.22. The number of hydrogen-bond acceptors (Lipinski definition) is 7. The average Bonchev–Trinajstić information content (AvgIpc) is 3.17. The highest BCUT2D eigenvalue weighted by molar-refractivity contribution is 7.89. The molecule has 3 heterocycles. The summed E-state index contributed by atoms with van der Waals surface area (Å²) in [5, 5.41) is 2.96. The molecule has 1 aromatic carbocycles. The molecule has 2 aromatic heterocycles. The Hall–Kier alpha value is -3.73. The number of pyridine rings is 1. The number of nitrogens with one attached hydrogen (secondary N) is 1. The number of amidine groups is 1. The predicted octanol–water partition coefficient (Wildman–Crippen LogP) is 1.71. The van der Waals surface area contributed by atoms with Gasteiger partial charge in [-0.3, -0.25) is 9.36 Å². The average molecular weight is 469 g/mol. The van der Waals surface area contributed by atoms with E-state index in [1.54, 1.807) is 53.5 Å². The summed E-state index contributed by atoms with van der Waals surface area (Å²) in [4.78, 5) is 21.4. The normalized spacial score (nSPS) is 14.8. The Bertz CT molecular complexity index is 1360. The molecular formula is C22H24N6O4S. The molecule has 0 saturated heterocycles. The molecule has 0 fully saturated rings. The molecule has 172 valence electrons. The van der Waals surface area contributed by atoms with Gasteiger partial charge in [0.2, 0.25) is 0 Å². The lowest BCUT2D eigenvalue weighted by Crippen LogP contribution is -2.48. The summed E-state index contributed by atoms with van der Waals surface area (Å²) in [6.45, 7) is 5.62. The summed E-state index contributed by atoms with van der Waals surface area (Å²) in [6, 6.07) is 8.39. The summed E-state index contributed by atoms with van der Waals surface area (Å²) >= 11 is 0. The molecule has 4 rings (SSSR count). The van der Waals surface area contributed by atoms with Crippen LogP contribution in [0, 0.1) is 6.92 Å². The fourth-order valence-electron chi connectivity index (χ4n) is 3.52. The Morgan fingerprint density at radius 1 is 1.24 bits per heavy atom. The molecule has 10 nitrogen and oxygen atoms in total. The lowest BCUT2D eigenvalue weighted by atomic mass is 10.0. The quantitative estimate of drug-likeness (QED) is 0.561. The monoisotopic (exact) mass is 468 g/mol. The fraction of sp³-hybridized carbons (Fsp3) is 0.273. The van der Waals surface area contributed by atoms with Crippen molar-refractivity contribution >= 4 is 21.8 Å². The number of aryl methyl sites for hydroxylation is 1. The van der Waals surface area contributed by atoms with E-state index >= 15 is 0 Å². The van der Waals surface area contributed by atoms with Gasteiger partial charge in [-0.1, -0.05) is 12.1 Å². The number of nitrogens with zero attached hydrogens (tertiary/aromatic N) is 4. The largest absolute Gasteiger partial charge is 0.490 e. The second-order valence-electron chi connectivity index (χ2n) is 8.37. The first-order valence-electron chi connectivity index (χ1n) is 10.2. The van der Waals surface area contributed by atoms with Crippen LogP contribution in [0.3, 0.4) is 0 Å². The van der Waals surface area contributed by atoms with Gasteiger partial charge in [0.1, 0.15) is 29.8 Å². The Morgan fingerprint density at radius 3 is 2.76 bits per heavy atom. The topological polar surface area (TPSA) is 142 Å². The molecule has 0 bridgehead atoms. The molecule has 1 amide bonds. The van der Waals surface area contributed by atoms with Crippen molar-refractivity contribution in [1.29, 1.82) is 0 Å². The Kier molecular flexibility index (Phi) is 5.66. The van der Waals surface area contributed by atoms with Gasteiger partial charge in [-0.2, -0.15) is 0 Å². The number of rotatable bonds is 6. The number of benzene rings is 1. The van der Waals surface area contributed by atoms with E-state index in [9.17, 15) is 13.2 Å². The molecule has 0 aliphatic carbocycles. The van der Waals surface area contributed by atoms with E-state index in [1.807, 2.05) is 20.8 Å². The van der Waals surface area contributed by atoms with Crippen molar-refractivity contribution < 1.29 is 17.9 Å². The Labute approximate surface area is 191 Å². The highest BCUT2D eigenvalue weighted by atomic mass is 32.2. The van der Waals surface area contributed by atoms with E-state index < -0.39 is 15.6 Å². The van der Waals surface area contributed by atoms with Crippen LogP contribution in [0.15, 0.2) is 53.3 Å². The second-order valence-corrected chi connectivity index (χ2v) is 10.0. The first-order chi connectivity index (χ1) is 15.5. The zero-order chi connectivity index (χ0) is 23.8. The maximum absolute atomic E-state index is 12.9. The number of amides is 1. The number of nitrogens with two attached hydrogens (primary N) is 1. The molecule has 0 saturated carbocycles. The molecule has 1 aliphatic heterocycles. The molecule has 11 heteroatoms. The first kappa shape index (κ1) is 22.5. The van der Waals surface area contributed by atoms with Crippen LogP contribution in [0.5, 0.6) is 5.75 Å². The molecule has 0 atom stereocenters. The lowest BCUT2D eigenvalue weighted by Gasteiger charge is -2.27. The van der Waals surface area contributed by atoms with Crippen LogP contribution >= 0.6 is 0 Å². The highest BCUT2D eigenvalue weighted by Gasteiger charge is 2.27.